The van der Waals surface area contributed by atoms with Gasteiger partial charge in [0, 0.05) is 36.9 Å². The van der Waals surface area contributed by atoms with Crippen LogP contribution in [0.2, 0.25) is 5.02 Å². The number of hydrogen-bond donors (Lipinski definition) is 1. The van der Waals surface area contributed by atoms with Crippen molar-refractivity contribution in [1.82, 2.24) is 9.80 Å². The highest BCUT2D eigenvalue weighted by Crippen LogP contribution is 2.30. The number of hydrogen-bond acceptors (Lipinski definition) is 2. The Kier molecular flexibility index (Phi) is 6.13. The molecule has 2 amide bonds. The molecule has 3 aromatic rings. The van der Waals surface area contributed by atoms with E-state index in [1.165, 1.54) is 11.1 Å². The maximum absolute atomic E-state index is 12.6. The van der Waals surface area contributed by atoms with E-state index in [2.05, 4.69) is 46.6 Å². The van der Waals surface area contributed by atoms with Crippen molar-refractivity contribution in [2.75, 3.05) is 31.5 Å². The van der Waals surface area contributed by atoms with Crippen molar-refractivity contribution in [2.24, 2.45) is 0 Å². The molecule has 0 aromatic heterocycles. The second-order valence-electron chi connectivity index (χ2n) is 7.18. The number of nitrogens with zero attached hydrogens (tertiary/aromatic N) is 2. The zero-order valence-corrected chi connectivity index (χ0v) is 16.9. The van der Waals surface area contributed by atoms with Crippen LogP contribution in [0.25, 0.3) is 0 Å². The fourth-order valence-electron chi connectivity index (χ4n) is 3.80. The Morgan fingerprint density at radius 1 is 0.759 bits per heavy atom. The van der Waals surface area contributed by atoms with Crippen LogP contribution in [0.3, 0.4) is 0 Å². The average molecular weight is 406 g/mol. The number of piperazine rings is 1. The normalized spacial score (nSPS) is 15.7. The van der Waals surface area contributed by atoms with Gasteiger partial charge in [0.2, 0.25) is 0 Å². The van der Waals surface area contributed by atoms with Gasteiger partial charge in [0.05, 0.1) is 6.04 Å². The molecule has 1 atom stereocenters. The van der Waals surface area contributed by atoms with Gasteiger partial charge in [-0.25, -0.2) is 4.79 Å². The third-order valence-corrected chi connectivity index (χ3v) is 5.54. The molecular formula is C24H24ClN3O. The number of para-hydroxylation sites is 1. The summed E-state index contributed by atoms with van der Waals surface area (Å²) in [5, 5.41) is 3.72. The van der Waals surface area contributed by atoms with Crippen LogP contribution in [0, 0.1) is 0 Å². The quantitative estimate of drug-likeness (QED) is 0.641. The Labute approximate surface area is 176 Å². The van der Waals surface area contributed by atoms with Gasteiger partial charge in [-0.1, -0.05) is 72.3 Å². The van der Waals surface area contributed by atoms with E-state index >= 15 is 0 Å². The highest BCUT2D eigenvalue weighted by molar-refractivity contribution is 6.30. The summed E-state index contributed by atoms with van der Waals surface area (Å²) >= 11 is 6.10. The van der Waals surface area contributed by atoms with Crippen LogP contribution in [0.4, 0.5) is 10.5 Å². The first-order valence-electron chi connectivity index (χ1n) is 9.86. The second-order valence-corrected chi connectivity index (χ2v) is 7.62. The molecule has 1 aliphatic heterocycles. The van der Waals surface area contributed by atoms with E-state index in [4.69, 9.17) is 11.6 Å². The molecule has 3 aromatic carbocycles. The first-order valence-corrected chi connectivity index (χ1v) is 10.2. The summed E-state index contributed by atoms with van der Waals surface area (Å²) in [6.45, 7) is 3.00. The summed E-state index contributed by atoms with van der Waals surface area (Å²) in [6, 6.07) is 28.3. The van der Waals surface area contributed by atoms with Crippen LogP contribution in [0.5, 0.6) is 0 Å². The lowest BCUT2D eigenvalue weighted by Gasteiger charge is -2.39. The number of halogens is 1. The zero-order chi connectivity index (χ0) is 20.1. The van der Waals surface area contributed by atoms with Crippen LogP contribution in [-0.4, -0.2) is 42.0 Å². The zero-order valence-electron chi connectivity index (χ0n) is 16.2. The number of carbonyl (C=O) groups excluding carboxylic acids is 1. The van der Waals surface area contributed by atoms with Gasteiger partial charge in [0.15, 0.2) is 0 Å². The standard InChI is InChI=1S/C24H24ClN3O/c25-21-13-11-20(12-14-21)23(19-7-3-1-4-8-19)27-15-17-28(18-16-27)24(29)26-22-9-5-2-6-10-22/h1-14,23H,15-18H2,(H,26,29)/t23-/m0/s1. The number of carbonyl (C=O) groups is 1. The average Bonchev–Trinajstić information content (AvgIpc) is 2.77. The first-order chi connectivity index (χ1) is 14.2. The molecule has 0 radical (unpaired) electrons. The lowest BCUT2D eigenvalue weighted by molar-refractivity contribution is 0.126. The SMILES string of the molecule is O=C(Nc1ccccc1)N1CCN([C@@H](c2ccccc2)c2ccc(Cl)cc2)CC1. The van der Waals surface area contributed by atoms with Crippen molar-refractivity contribution in [1.29, 1.82) is 0 Å². The van der Waals surface area contributed by atoms with Crippen LogP contribution in [-0.2, 0) is 0 Å². The third kappa shape index (κ3) is 4.78. The summed E-state index contributed by atoms with van der Waals surface area (Å²) in [4.78, 5) is 16.9. The summed E-state index contributed by atoms with van der Waals surface area (Å²) in [6.07, 6.45) is 0. The van der Waals surface area contributed by atoms with E-state index in [9.17, 15) is 4.79 Å². The van der Waals surface area contributed by atoms with Crippen molar-refractivity contribution in [3.05, 3.63) is 101 Å². The Balaban J connectivity index is 1.47. The van der Waals surface area contributed by atoms with Crippen LogP contribution in [0.1, 0.15) is 17.2 Å². The smallest absolute Gasteiger partial charge is 0.321 e. The van der Waals surface area contributed by atoms with Gasteiger partial charge in [-0.3, -0.25) is 4.90 Å². The topological polar surface area (TPSA) is 35.6 Å². The molecule has 0 bridgehead atoms. The molecule has 1 heterocycles. The molecule has 1 aliphatic rings. The molecule has 1 N–H and O–H groups in total. The minimum absolute atomic E-state index is 0.0430. The summed E-state index contributed by atoms with van der Waals surface area (Å²) in [5.41, 5.74) is 3.28. The minimum atomic E-state index is -0.0430. The van der Waals surface area contributed by atoms with E-state index in [0.717, 1.165) is 23.8 Å². The second kappa shape index (κ2) is 9.12. The molecule has 0 aliphatic carbocycles. The fourth-order valence-corrected chi connectivity index (χ4v) is 3.93. The molecule has 148 valence electrons. The Morgan fingerprint density at radius 2 is 1.31 bits per heavy atom. The summed E-state index contributed by atoms with van der Waals surface area (Å²) < 4.78 is 0. The van der Waals surface area contributed by atoms with Gasteiger partial charge in [-0.15, -0.1) is 0 Å². The monoisotopic (exact) mass is 405 g/mol. The van der Waals surface area contributed by atoms with Gasteiger partial charge >= 0.3 is 6.03 Å². The minimum Gasteiger partial charge on any atom is -0.322 e. The lowest BCUT2D eigenvalue weighted by Crippen LogP contribution is -2.51. The van der Waals surface area contributed by atoms with E-state index in [-0.39, 0.29) is 12.1 Å². The molecule has 0 saturated carbocycles. The predicted molar refractivity (Wildman–Crippen MR) is 118 cm³/mol. The molecule has 29 heavy (non-hydrogen) atoms. The predicted octanol–water partition coefficient (Wildman–Crippen LogP) is 5.28. The maximum Gasteiger partial charge on any atom is 0.321 e. The van der Waals surface area contributed by atoms with Crippen molar-refractivity contribution in [3.63, 3.8) is 0 Å². The molecule has 1 fully saturated rings. The van der Waals surface area contributed by atoms with E-state index in [1.807, 2.05) is 53.4 Å². The Bertz CT molecular complexity index is 923. The van der Waals surface area contributed by atoms with Crippen molar-refractivity contribution >= 4 is 23.3 Å². The number of urea groups is 1. The Hall–Kier alpha value is -2.82. The summed E-state index contributed by atoms with van der Waals surface area (Å²) in [5.74, 6) is 0. The highest BCUT2D eigenvalue weighted by Gasteiger charge is 2.28. The molecule has 0 unspecified atom stereocenters. The number of amides is 2. The fraction of sp³-hybridized carbons (Fsp3) is 0.208. The van der Waals surface area contributed by atoms with Gasteiger partial charge in [-0.05, 0) is 35.4 Å². The van der Waals surface area contributed by atoms with Gasteiger partial charge in [-0.2, -0.15) is 0 Å². The van der Waals surface area contributed by atoms with Crippen LogP contribution in [0.15, 0.2) is 84.9 Å². The molecule has 4 nitrogen and oxygen atoms in total. The van der Waals surface area contributed by atoms with E-state index in [1.54, 1.807) is 0 Å². The number of anilines is 1. The van der Waals surface area contributed by atoms with Gasteiger partial charge in [0.25, 0.3) is 0 Å². The molecule has 0 spiro atoms. The Morgan fingerprint density at radius 3 is 1.93 bits per heavy atom. The van der Waals surface area contributed by atoms with Crippen molar-refractivity contribution in [2.45, 2.75) is 6.04 Å². The largest absolute Gasteiger partial charge is 0.322 e. The maximum atomic E-state index is 12.6. The highest BCUT2D eigenvalue weighted by atomic mass is 35.5. The third-order valence-electron chi connectivity index (χ3n) is 5.29. The number of nitrogens with one attached hydrogen (secondary N) is 1. The van der Waals surface area contributed by atoms with Crippen LogP contribution < -0.4 is 5.32 Å². The van der Waals surface area contributed by atoms with Gasteiger partial charge in [0.1, 0.15) is 0 Å². The molecule has 5 heteroatoms. The van der Waals surface area contributed by atoms with E-state index in [0.29, 0.717) is 13.1 Å². The van der Waals surface area contributed by atoms with Crippen molar-refractivity contribution in [3.8, 4) is 0 Å². The number of benzene rings is 3. The summed E-state index contributed by atoms with van der Waals surface area (Å²) in [7, 11) is 0. The van der Waals surface area contributed by atoms with Gasteiger partial charge < -0.3 is 10.2 Å². The van der Waals surface area contributed by atoms with E-state index < -0.39 is 0 Å². The number of rotatable bonds is 4. The van der Waals surface area contributed by atoms with Crippen molar-refractivity contribution < 1.29 is 4.79 Å². The molecule has 1 saturated heterocycles. The lowest BCUT2D eigenvalue weighted by atomic mass is 9.96. The first kappa shape index (κ1) is 19.5. The molecule has 4 rings (SSSR count). The van der Waals surface area contributed by atoms with Crippen LogP contribution >= 0.6 is 11.6 Å². The molecular weight excluding hydrogens is 382 g/mol.